The normalized spacial score (nSPS) is 11.6. The molecule has 0 aliphatic rings. The summed E-state index contributed by atoms with van der Waals surface area (Å²) >= 11 is 0. The standard InChI is InChI=1S/C35H24N4O/c1-38-32-14-5-3-12-30(32)37-35(38)24-15-16-29-28-10-2-4-13-31(28)39(33(29)21-24)26-9-6-8-23(20-26)34-27(11-7-18-36-34)25-17-19-40-22-25/h2-22H,1H3. The molecular formula is C35H24N4O. The average molecular weight is 517 g/mol. The van der Waals surface area contributed by atoms with Gasteiger partial charge in [0.2, 0.25) is 0 Å². The molecule has 8 rings (SSSR count). The molecule has 5 nitrogen and oxygen atoms in total. The highest BCUT2D eigenvalue weighted by Crippen LogP contribution is 2.37. The zero-order chi connectivity index (χ0) is 26.6. The van der Waals surface area contributed by atoms with E-state index >= 15 is 0 Å². The van der Waals surface area contributed by atoms with E-state index in [-0.39, 0.29) is 0 Å². The quantitative estimate of drug-likeness (QED) is 0.235. The molecule has 0 atom stereocenters. The van der Waals surface area contributed by atoms with Gasteiger partial charge in [0.15, 0.2) is 0 Å². The summed E-state index contributed by atoms with van der Waals surface area (Å²) in [6.07, 6.45) is 5.30. The minimum Gasteiger partial charge on any atom is -0.472 e. The van der Waals surface area contributed by atoms with Crippen LogP contribution >= 0.6 is 0 Å². The third-order valence-electron chi connectivity index (χ3n) is 7.74. The first-order valence-electron chi connectivity index (χ1n) is 13.3. The molecule has 0 saturated heterocycles. The van der Waals surface area contributed by atoms with Gasteiger partial charge in [0.05, 0.1) is 40.3 Å². The first kappa shape index (κ1) is 22.6. The van der Waals surface area contributed by atoms with Crippen molar-refractivity contribution in [2.24, 2.45) is 7.05 Å². The molecule has 0 saturated carbocycles. The molecule has 5 heteroatoms. The van der Waals surface area contributed by atoms with Gasteiger partial charge in [0, 0.05) is 52.0 Å². The van der Waals surface area contributed by atoms with E-state index in [1.54, 1.807) is 12.5 Å². The molecule has 190 valence electrons. The van der Waals surface area contributed by atoms with Crippen LogP contribution in [0.15, 0.2) is 132 Å². The van der Waals surface area contributed by atoms with Gasteiger partial charge in [-0.25, -0.2) is 4.98 Å². The van der Waals surface area contributed by atoms with Crippen molar-refractivity contribution < 1.29 is 4.42 Å². The number of hydrogen-bond donors (Lipinski definition) is 0. The number of rotatable bonds is 4. The Labute approximate surface area is 230 Å². The summed E-state index contributed by atoms with van der Waals surface area (Å²) in [6, 6.07) is 38.2. The lowest BCUT2D eigenvalue weighted by Crippen LogP contribution is -1.96. The van der Waals surface area contributed by atoms with E-state index in [2.05, 4.69) is 107 Å². The Morgan fingerprint density at radius 1 is 0.650 bits per heavy atom. The maximum atomic E-state index is 5.38. The van der Waals surface area contributed by atoms with Crippen LogP contribution in [0.25, 0.3) is 72.3 Å². The molecule has 4 aromatic heterocycles. The predicted octanol–water partition coefficient (Wildman–Crippen LogP) is 8.66. The Morgan fingerprint density at radius 2 is 1.50 bits per heavy atom. The number of fused-ring (bicyclic) bond motifs is 4. The van der Waals surface area contributed by atoms with E-state index in [0.29, 0.717) is 0 Å². The molecule has 0 bridgehead atoms. The second-order valence-electron chi connectivity index (χ2n) is 10.0. The number of nitrogens with zero attached hydrogens (tertiary/aromatic N) is 4. The van der Waals surface area contributed by atoms with Crippen molar-refractivity contribution in [3.05, 3.63) is 128 Å². The molecule has 0 amide bonds. The number of aromatic nitrogens is 4. The molecule has 40 heavy (non-hydrogen) atoms. The minimum atomic E-state index is 0.923. The van der Waals surface area contributed by atoms with E-state index in [9.17, 15) is 0 Å². The third-order valence-corrected chi connectivity index (χ3v) is 7.74. The van der Waals surface area contributed by atoms with Crippen LogP contribution in [0.4, 0.5) is 0 Å². The largest absolute Gasteiger partial charge is 0.472 e. The molecule has 0 radical (unpaired) electrons. The van der Waals surface area contributed by atoms with Crippen LogP contribution in [0.3, 0.4) is 0 Å². The first-order chi connectivity index (χ1) is 19.8. The lowest BCUT2D eigenvalue weighted by atomic mass is 10.0. The Bertz CT molecular complexity index is 2180. The Morgan fingerprint density at radius 3 is 2.38 bits per heavy atom. The molecule has 0 N–H and O–H groups in total. The van der Waals surface area contributed by atoms with Gasteiger partial charge in [-0.3, -0.25) is 4.98 Å². The topological polar surface area (TPSA) is 48.8 Å². The van der Waals surface area contributed by atoms with E-state index < -0.39 is 0 Å². The van der Waals surface area contributed by atoms with Gasteiger partial charge in [-0.05, 0) is 48.5 Å². The van der Waals surface area contributed by atoms with E-state index in [1.807, 2.05) is 24.4 Å². The number of para-hydroxylation sites is 3. The smallest absolute Gasteiger partial charge is 0.140 e. The lowest BCUT2D eigenvalue weighted by molar-refractivity contribution is 0.568. The van der Waals surface area contributed by atoms with Crippen LogP contribution in [0, 0.1) is 0 Å². The number of pyridine rings is 1. The molecule has 8 aromatic rings. The van der Waals surface area contributed by atoms with Gasteiger partial charge < -0.3 is 13.6 Å². The molecule has 0 aliphatic heterocycles. The first-order valence-corrected chi connectivity index (χ1v) is 13.3. The SMILES string of the molecule is Cn1c(-c2ccc3c4ccccc4n(-c4cccc(-c5ncccc5-c5ccoc5)c4)c3c2)nc2ccccc21. The van der Waals surface area contributed by atoms with Gasteiger partial charge in [-0.1, -0.05) is 60.7 Å². The molecule has 0 unspecified atom stereocenters. The minimum absolute atomic E-state index is 0.923. The second-order valence-corrected chi connectivity index (χ2v) is 10.0. The van der Waals surface area contributed by atoms with Crippen LogP contribution < -0.4 is 0 Å². The Kier molecular flexibility index (Phi) is 4.97. The van der Waals surface area contributed by atoms with Gasteiger partial charge in [-0.15, -0.1) is 0 Å². The maximum absolute atomic E-state index is 5.38. The summed E-state index contributed by atoms with van der Waals surface area (Å²) in [6.45, 7) is 0. The van der Waals surface area contributed by atoms with E-state index in [0.717, 1.165) is 61.5 Å². The van der Waals surface area contributed by atoms with Crippen LogP contribution in [0.1, 0.15) is 0 Å². The molecule has 4 aromatic carbocycles. The number of hydrogen-bond acceptors (Lipinski definition) is 3. The number of benzene rings is 4. The van der Waals surface area contributed by atoms with Gasteiger partial charge in [0.25, 0.3) is 0 Å². The Balaban J connectivity index is 1.36. The highest BCUT2D eigenvalue weighted by molar-refractivity contribution is 6.10. The number of furan rings is 1. The molecular weight excluding hydrogens is 492 g/mol. The zero-order valence-corrected chi connectivity index (χ0v) is 21.8. The molecule has 0 aliphatic carbocycles. The predicted molar refractivity (Wildman–Crippen MR) is 161 cm³/mol. The summed E-state index contributed by atoms with van der Waals surface area (Å²) < 4.78 is 9.89. The average Bonchev–Trinajstić information content (AvgIpc) is 3.74. The van der Waals surface area contributed by atoms with Gasteiger partial charge >= 0.3 is 0 Å². The summed E-state index contributed by atoms with van der Waals surface area (Å²) in [7, 11) is 2.08. The summed E-state index contributed by atoms with van der Waals surface area (Å²) in [5.41, 5.74) is 10.6. The van der Waals surface area contributed by atoms with E-state index in [4.69, 9.17) is 14.4 Å². The van der Waals surface area contributed by atoms with Crippen molar-refractivity contribution in [2.45, 2.75) is 0 Å². The summed E-state index contributed by atoms with van der Waals surface area (Å²) in [4.78, 5) is 9.75. The maximum Gasteiger partial charge on any atom is 0.140 e. The molecule has 0 fully saturated rings. The van der Waals surface area contributed by atoms with Crippen LogP contribution in [-0.2, 0) is 7.05 Å². The zero-order valence-electron chi connectivity index (χ0n) is 21.8. The summed E-state index contributed by atoms with van der Waals surface area (Å²) in [5.74, 6) is 0.951. The number of aryl methyl sites for hydroxylation is 1. The summed E-state index contributed by atoms with van der Waals surface area (Å²) in [5, 5.41) is 2.43. The highest BCUT2D eigenvalue weighted by Gasteiger charge is 2.17. The van der Waals surface area contributed by atoms with Crippen molar-refractivity contribution >= 4 is 32.8 Å². The van der Waals surface area contributed by atoms with Gasteiger partial charge in [0.1, 0.15) is 5.82 Å². The fourth-order valence-electron chi connectivity index (χ4n) is 5.87. The monoisotopic (exact) mass is 516 g/mol. The van der Waals surface area contributed by atoms with Crippen molar-refractivity contribution in [2.75, 3.05) is 0 Å². The third kappa shape index (κ3) is 3.41. The fraction of sp³-hybridized carbons (Fsp3) is 0.0286. The number of imidazole rings is 1. The van der Waals surface area contributed by atoms with Crippen LogP contribution in [0.2, 0.25) is 0 Å². The second kappa shape index (κ2) is 8.82. The van der Waals surface area contributed by atoms with Crippen LogP contribution in [-0.4, -0.2) is 19.1 Å². The van der Waals surface area contributed by atoms with Crippen molar-refractivity contribution in [3.63, 3.8) is 0 Å². The van der Waals surface area contributed by atoms with Gasteiger partial charge in [-0.2, -0.15) is 0 Å². The molecule has 4 heterocycles. The van der Waals surface area contributed by atoms with Crippen molar-refractivity contribution in [3.8, 4) is 39.5 Å². The fourth-order valence-corrected chi connectivity index (χ4v) is 5.87. The lowest BCUT2D eigenvalue weighted by Gasteiger charge is -2.12. The molecule has 0 spiro atoms. The van der Waals surface area contributed by atoms with Crippen LogP contribution in [0.5, 0.6) is 0 Å². The van der Waals surface area contributed by atoms with Crippen molar-refractivity contribution in [1.82, 2.24) is 19.1 Å². The van der Waals surface area contributed by atoms with E-state index in [1.165, 1.54) is 10.8 Å². The Hall–Kier alpha value is -5.42. The van der Waals surface area contributed by atoms with Crippen molar-refractivity contribution in [1.29, 1.82) is 0 Å². The highest BCUT2D eigenvalue weighted by atomic mass is 16.3.